The number of para-hydroxylation sites is 2. The Balaban J connectivity index is 1.41. The van der Waals surface area contributed by atoms with E-state index in [-0.39, 0.29) is 31.5 Å². The fourth-order valence-corrected chi connectivity index (χ4v) is 3.96. The number of imidazole rings is 1. The van der Waals surface area contributed by atoms with E-state index < -0.39 is 0 Å². The molecule has 0 aliphatic carbocycles. The van der Waals surface area contributed by atoms with Gasteiger partial charge >= 0.3 is 0 Å². The number of fused-ring (bicyclic) bond motifs is 1. The van der Waals surface area contributed by atoms with Crippen molar-refractivity contribution < 1.29 is 14.3 Å². The van der Waals surface area contributed by atoms with Crippen molar-refractivity contribution in [1.29, 1.82) is 0 Å². The lowest BCUT2D eigenvalue weighted by atomic mass is 9.99. The molecule has 0 saturated carbocycles. The van der Waals surface area contributed by atoms with Crippen LogP contribution in [-0.4, -0.2) is 46.0 Å². The monoisotopic (exact) mass is 454 g/mol. The molecule has 0 atom stereocenters. The zero-order chi connectivity index (χ0) is 22.5. The third-order valence-electron chi connectivity index (χ3n) is 5.79. The Labute approximate surface area is 192 Å². The second-order valence-corrected chi connectivity index (χ2v) is 8.62. The number of benzene rings is 2. The first-order valence-corrected chi connectivity index (χ1v) is 11.2. The Morgan fingerprint density at radius 3 is 2.59 bits per heavy atom. The summed E-state index contributed by atoms with van der Waals surface area (Å²) in [5, 5.41) is 3.45. The van der Waals surface area contributed by atoms with Gasteiger partial charge in [-0.15, -0.1) is 0 Å². The third-order valence-corrected chi connectivity index (χ3v) is 6.04. The maximum atomic E-state index is 13.0. The van der Waals surface area contributed by atoms with Crippen molar-refractivity contribution in [2.24, 2.45) is 5.92 Å². The van der Waals surface area contributed by atoms with Gasteiger partial charge in [0, 0.05) is 18.1 Å². The van der Waals surface area contributed by atoms with E-state index in [1.807, 2.05) is 33.7 Å². The van der Waals surface area contributed by atoms with E-state index in [9.17, 15) is 9.59 Å². The van der Waals surface area contributed by atoms with Gasteiger partial charge in [-0.25, -0.2) is 4.98 Å². The predicted octanol–water partition coefficient (Wildman–Crippen LogP) is 3.64. The smallest absolute Gasteiger partial charge is 0.258 e. The molecule has 1 fully saturated rings. The molecule has 7 nitrogen and oxygen atoms in total. The Morgan fingerprint density at radius 2 is 1.84 bits per heavy atom. The van der Waals surface area contributed by atoms with Crippen molar-refractivity contribution in [3.8, 4) is 5.75 Å². The largest absolute Gasteiger partial charge is 0.484 e. The van der Waals surface area contributed by atoms with Crippen molar-refractivity contribution in [2.75, 3.05) is 19.7 Å². The van der Waals surface area contributed by atoms with Crippen LogP contribution in [-0.2, 0) is 22.7 Å². The summed E-state index contributed by atoms with van der Waals surface area (Å²) in [5.74, 6) is 1.69. The SMILES string of the molecule is CC1CCN(C(=O)Cn2c(CNC(=O)COc3ccc(Cl)cc3)nc3ccccc32)CC1. The average Bonchev–Trinajstić information content (AvgIpc) is 3.15. The van der Waals surface area contributed by atoms with Crippen LogP contribution < -0.4 is 10.1 Å². The number of aromatic nitrogens is 2. The number of hydrogen-bond acceptors (Lipinski definition) is 4. The van der Waals surface area contributed by atoms with Gasteiger partial charge in [0.2, 0.25) is 5.91 Å². The van der Waals surface area contributed by atoms with E-state index in [4.69, 9.17) is 16.3 Å². The minimum absolute atomic E-state index is 0.0821. The van der Waals surface area contributed by atoms with Crippen molar-refractivity contribution in [3.05, 3.63) is 59.4 Å². The topological polar surface area (TPSA) is 76.5 Å². The number of hydrogen-bond donors (Lipinski definition) is 1. The summed E-state index contributed by atoms with van der Waals surface area (Å²) in [4.78, 5) is 31.8. The molecule has 8 heteroatoms. The van der Waals surface area contributed by atoms with Crippen LogP contribution in [0.2, 0.25) is 5.02 Å². The molecule has 1 aliphatic heterocycles. The summed E-state index contributed by atoms with van der Waals surface area (Å²) < 4.78 is 7.39. The van der Waals surface area contributed by atoms with Crippen LogP contribution in [0.1, 0.15) is 25.6 Å². The van der Waals surface area contributed by atoms with Crippen LogP contribution in [0.5, 0.6) is 5.75 Å². The van der Waals surface area contributed by atoms with Crippen molar-refractivity contribution in [1.82, 2.24) is 19.8 Å². The molecule has 3 aromatic rings. The first-order chi connectivity index (χ1) is 15.5. The standard InChI is InChI=1S/C24H27ClN4O3/c1-17-10-12-28(13-11-17)24(31)15-29-21-5-3-2-4-20(21)27-22(29)14-26-23(30)16-32-19-8-6-18(25)7-9-19/h2-9,17H,10-16H2,1H3,(H,26,30). The van der Waals surface area contributed by atoms with E-state index in [2.05, 4.69) is 17.2 Å². The second kappa shape index (κ2) is 10.0. The lowest BCUT2D eigenvalue weighted by molar-refractivity contribution is -0.133. The highest BCUT2D eigenvalue weighted by molar-refractivity contribution is 6.30. The molecule has 168 valence electrons. The lowest BCUT2D eigenvalue weighted by Crippen LogP contribution is -2.40. The second-order valence-electron chi connectivity index (χ2n) is 8.19. The Morgan fingerprint density at radius 1 is 1.12 bits per heavy atom. The molecule has 1 N–H and O–H groups in total. The van der Waals surface area contributed by atoms with Crippen LogP contribution in [0.4, 0.5) is 0 Å². The Bertz CT molecular complexity index is 1090. The van der Waals surface area contributed by atoms with Gasteiger partial charge in [-0.2, -0.15) is 0 Å². The molecule has 0 bridgehead atoms. The summed E-state index contributed by atoms with van der Waals surface area (Å²) in [6, 6.07) is 14.5. The number of likely N-dealkylation sites (tertiary alicyclic amines) is 1. The number of amides is 2. The molecular weight excluding hydrogens is 428 g/mol. The molecule has 0 unspecified atom stereocenters. The van der Waals surface area contributed by atoms with Gasteiger partial charge in [0.15, 0.2) is 6.61 Å². The highest BCUT2D eigenvalue weighted by Crippen LogP contribution is 2.20. The number of carbonyl (C=O) groups is 2. The van der Waals surface area contributed by atoms with Crippen LogP contribution >= 0.6 is 11.6 Å². The zero-order valence-electron chi connectivity index (χ0n) is 18.1. The third kappa shape index (κ3) is 5.40. The summed E-state index contributed by atoms with van der Waals surface area (Å²) in [6.07, 6.45) is 2.07. The van der Waals surface area contributed by atoms with Gasteiger partial charge in [0.05, 0.1) is 17.6 Å². The number of rotatable bonds is 7. The van der Waals surface area contributed by atoms with Gasteiger partial charge in [-0.3, -0.25) is 9.59 Å². The number of halogens is 1. The van der Waals surface area contributed by atoms with Crippen molar-refractivity contribution >= 4 is 34.4 Å². The molecule has 4 rings (SSSR count). The zero-order valence-corrected chi connectivity index (χ0v) is 18.8. The number of piperidine rings is 1. The highest BCUT2D eigenvalue weighted by Gasteiger charge is 2.22. The van der Waals surface area contributed by atoms with Crippen molar-refractivity contribution in [2.45, 2.75) is 32.9 Å². The fraction of sp³-hybridized carbons (Fsp3) is 0.375. The van der Waals surface area contributed by atoms with E-state index in [1.165, 1.54) is 0 Å². The fourth-order valence-electron chi connectivity index (χ4n) is 3.84. The predicted molar refractivity (Wildman–Crippen MR) is 124 cm³/mol. The minimum atomic E-state index is -0.269. The highest BCUT2D eigenvalue weighted by atomic mass is 35.5. The Hall–Kier alpha value is -3.06. The molecule has 2 amide bonds. The summed E-state index contributed by atoms with van der Waals surface area (Å²) in [7, 11) is 0. The van der Waals surface area contributed by atoms with Crippen LogP contribution in [0.15, 0.2) is 48.5 Å². The maximum absolute atomic E-state index is 13.0. The summed E-state index contributed by atoms with van der Waals surface area (Å²) in [6.45, 7) is 4.11. The first-order valence-electron chi connectivity index (χ1n) is 10.9. The van der Waals surface area contributed by atoms with Gasteiger partial charge in [0.1, 0.15) is 18.1 Å². The lowest BCUT2D eigenvalue weighted by Gasteiger charge is -2.30. The number of carbonyl (C=O) groups excluding carboxylic acids is 2. The molecule has 1 aliphatic rings. The molecule has 1 saturated heterocycles. The van der Waals surface area contributed by atoms with Gasteiger partial charge in [-0.05, 0) is 55.2 Å². The van der Waals surface area contributed by atoms with Gasteiger partial charge < -0.3 is 19.5 Å². The average molecular weight is 455 g/mol. The van der Waals surface area contributed by atoms with E-state index >= 15 is 0 Å². The van der Waals surface area contributed by atoms with Gasteiger partial charge in [-0.1, -0.05) is 30.7 Å². The van der Waals surface area contributed by atoms with Crippen LogP contribution in [0.25, 0.3) is 11.0 Å². The molecule has 2 aromatic carbocycles. The molecule has 0 spiro atoms. The van der Waals surface area contributed by atoms with Crippen LogP contribution in [0, 0.1) is 5.92 Å². The summed E-state index contributed by atoms with van der Waals surface area (Å²) in [5.41, 5.74) is 1.68. The molecule has 2 heterocycles. The molecular formula is C24H27ClN4O3. The quantitative estimate of drug-likeness (QED) is 0.591. The van der Waals surface area contributed by atoms with E-state index in [0.717, 1.165) is 37.0 Å². The minimum Gasteiger partial charge on any atom is -0.484 e. The van der Waals surface area contributed by atoms with Gasteiger partial charge in [0.25, 0.3) is 5.91 Å². The molecule has 32 heavy (non-hydrogen) atoms. The summed E-state index contributed by atoms with van der Waals surface area (Å²) >= 11 is 5.86. The van der Waals surface area contributed by atoms with Crippen molar-refractivity contribution in [3.63, 3.8) is 0 Å². The number of ether oxygens (including phenoxy) is 1. The number of nitrogens with one attached hydrogen (secondary N) is 1. The molecule has 1 aromatic heterocycles. The number of nitrogens with zero attached hydrogens (tertiary/aromatic N) is 3. The molecule has 0 radical (unpaired) electrons. The maximum Gasteiger partial charge on any atom is 0.258 e. The van der Waals surface area contributed by atoms with Crippen LogP contribution in [0.3, 0.4) is 0 Å². The van der Waals surface area contributed by atoms with E-state index in [1.54, 1.807) is 24.3 Å². The normalized spacial score (nSPS) is 14.5. The van der Waals surface area contributed by atoms with E-state index in [0.29, 0.717) is 22.5 Å². The first kappa shape index (κ1) is 22.1. The Kier molecular flexibility index (Phi) is 6.95.